The van der Waals surface area contributed by atoms with Crippen LogP contribution in [-0.2, 0) is 14.3 Å². The quantitative estimate of drug-likeness (QED) is 0.390. The van der Waals surface area contributed by atoms with Gasteiger partial charge in [-0.15, -0.1) is 0 Å². The van der Waals surface area contributed by atoms with Crippen LogP contribution in [0.4, 0.5) is 0 Å². The highest BCUT2D eigenvalue weighted by Crippen LogP contribution is 2.19. The maximum atomic E-state index is 12.3. The number of carbonyl (C=O) groups excluding carboxylic acids is 4. The fourth-order valence-electron chi connectivity index (χ4n) is 2.96. The molecule has 0 aliphatic rings. The van der Waals surface area contributed by atoms with Gasteiger partial charge in [0.15, 0.2) is 12.4 Å². The van der Waals surface area contributed by atoms with Crippen LogP contribution >= 0.6 is 0 Å². The van der Waals surface area contributed by atoms with Crippen LogP contribution in [0, 0.1) is 6.92 Å². The maximum Gasteiger partial charge on any atom is 0.325 e. The molecule has 168 valence electrons. The minimum Gasteiger partial charge on any atom is -0.456 e. The summed E-state index contributed by atoms with van der Waals surface area (Å²) in [6, 6.07) is 23.7. The van der Waals surface area contributed by atoms with Crippen molar-refractivity contribution >= 4 is 23.6 Å². The number of Topliss-reactive ketones (excluding diaryl/α,β-unsaturated/α-hetero) is 1. The van der Waals surface area contributed by atoms with E-state index in [1.165, 1.54) is 0 Å². The Labute approximate surface area is 191 Å². The van der Waals surface area contributed by atoms with Crippen molar-refractivity contribution < 1.29 is 23.9 Å². The summed E-state index contributed by atoms with van der Waals surface area (Å²) in [6.45, 7) is 0.791. The number of nitrogens with one attached hydrogen (secondary N) is 2. The summed E-state index contributed by atoms with van der Waals surface area (Å²) >= 11 is 0. The first-order chi connectivity index (χ1) is 15.9. The van der Waals surface area contributed by atoms with E-state index < -0.39 is 30.9 Å². The van der Waals surface area contributed by atoms with Gasteiger partial charge in [0.1, 0.15) is 6.54 Å². The monoisotopic (exact) mass is 444 g/mol. The van der Waals surface area contributed by atoms with Crippen LogP contribution in [0.15, 0.2) is 78.9 Å². The highest BCUT2D eigenvalue weighted by atomic mass is 16.5. The zero-order valence-electron chi connectivity index (χ0n) is 18.2. The van der Waals surface area contributed by atoms with Crippen molar-refractivity contribution in [3.05, 3.63) is 95.6 Å². The number of aryl methyl sites for hydroxylation is 1. The van der Waals surface area contributed by atoms with Crippen LogP contribution in [0.1, 0.15) is 26.3 Å². The van der Waals surface area contributed by atoms with Gasteiger partial charge in [0.05, 0.1) is 6.54 Å². The third-order valence-electron chi connectivity index (χ3n) is 4.83. The topological polar surface area (TPSA) is 102 Å². The second-order valence-electron chi connectivity index (χ2n) is 7.35. The summed E-state index contributed by atoms with van der Waals surface area (Å²) in [7, 11) is 0. The molecular weight excluding hydrogens is 420 g/mol. The number of ketones is 1. The molecule has 3 rings (SSSR count). The van der Waals surface area contributed by atoms with E-state index in [1.54, 1.807) is 36.4 Å². The zero-order valence-corrected chi connectivity index (χ0v) is 18.2. The van der Waals surface area contributed by atoms with Gasteiger partial charge in [0.2, 0.25) is 5.91 Å². The minimum absolute atomic E-state index is 0.285. The number of carbonyl (C=O) groups is 4. The molecule has 7 nitrogen and oxygen atoms in total. The molecular formula is C26H24N2O5. The molecule has 0 heterocycles. The van der Waals surface area contributed by atoms with Crippen LogP contribution in [0.5, 0.6) is 0 Å². The van der Waals surface area contributed by atoms with E-state index >= 15 is 0 Å². The summed E-state index contributed by atoms with van der Waals surface area (Å²) in [6.07, 6.45) is 0. The molecule has 0 bridgehead atoms. The van der Waals surface area contributed by atoms with Crippen LogP contribution in [0.3, 0.4) is 0 Å². The Balaban J connectivity index is 1.37. The largest absolute Gasteiger partial charge is 0.456 e. The van der Waals surface area contributed by atoms with Crippen molar-refractivity contribution in [2.24, 2.45) is 0 Å². The highest BCUT2D eigenvalue weighted by Gasteiger charge is 2.12. The number of ether oxygens (including phenoxy) is 1. The molecule has 3 aromatic carbocycles. The number of amides is 2. The first-order valence-corrected chi connectivity index (χ1v) is 10.4. The summed E-state index contributed by atoms with van der Waals surface area (Å²) in [5, 5.41) is 4.82. The maximum absolute atomic E-state index is 12.3. The van der Waals surface area contributed by atoms with E-state index in [1.807, 2.05) is 49.4 Å². The Bertz CT molecular complexity index is 1120. The average Bonchev–Trinajstić information content (AvgIpc) is 2.85. The predicted molar refractivity (Wildman–Crippen MR) is 124 cm³/mol. The lowest BCUT2D eigenvalue weighted by Gasteiger charge is -2.08. The molecule has 2 amide bonds. The fourth-order valence-corrected chi connectivity index (χ4v) is 2.96. The Morgan fingerprint density at radius 2 is 1.30 bits per heavy atom. The number of benzene rings is 3. The van der Waals surface area contributed by atoms with Gasteiger partial charge in [-0.05, 0) is 30.2 Å². The standard InChI is InChI=1S/C26H24N2O5/c1-18-7-9-22(10-8-18)26(32)28-15-24(30)27-16-25(31)33-17-23(29)21-13-11-20(12-14-21)19-5-3-2-4-6-19/h2-14H,15-17H2,1H3,(H,27,30)(H,28,32). The lowest BCUT2D eigenvalue weighted by molar-refractivity contribution is -0.142. The minimum atomic E-state index is -0.748. The van der Waals surface area contributed by atoms with Gasteiger partial charge < -0.3 is 15.4 Å². The molecule has 0 aromatic heterocycles. The molecule has 33 heavy (non-hydrogen) atoms. The molecule has 3 aromatic rings. The van der Waals surface area contributed by atoms with Crippen molar-refractivity contribution in [1.29, 1.82) is 0 Å². The molecule has 2 N–H and O–H groups in total. The molecule has 0 saturated carbocycles. The van der Waals surface area contributed by atoms with Gasteiger partial charge in [-0.2, -0.15) is 0 Å². The summed E-state index contributed by atoms with van der Waals surface area (Å²) in [5.74, 6) is -2.03. The van der Waals surface area contributed by atoms with Gasteiger partial charge in [0, 0.05) is 11.1 Å². The summed E-state index contributed by atoms with van der Waals surface area (Å²) in [5.41, 5.74) is 3.88. The predicted octanol–water partition coefficient (Wildman–Crippen LogP) is 2.93. The highest BCUT2D eigenvalue weighted by molar-refractivity contribution is 5.99. The van der Waals surface area contributed by atoms with E-state index in [-0.39, 0.29) is 12.3 Å². The Kier molecular flexibility index (Phi) is 8.07. The molecule has 0 aliphatic heterocycles. The van der Waals surface area contributed by atoms with E-state index in [0.717, 1.165) is 16.7 Å². The van der Waals surface area contributed by atoms with Gasteiger partial charge in [-0.3, -0.25) is 19.2 Å². The Morgan fingerprint density at radius 1 is 0.697 bits per heavy atom. The Morgan fingerprint density at radius 3 is 1.97 bits per heavy atom. The Hall–Kier alpha value is -4.26. The van der Waals surface area contributed by atoms with Crippen molar-refractivity contribution in [3.8, 4) is 11.1 Å². The second kappa shape index (κ2) is 11.4. The van der Waals surface area contributed by atoms with Gasteiger partial charge in [0.25, 0.3) is 5.91 Å². The summed E-state index contributed by atoms with van der Waals surface area (Å²) in [4.78, 5) is 47.9. The number of esters is 1. The lowest BCUT2D eigenvalue weighted by Crippen LogP contribution is -2.39. The van der Waals surface area contributed by atoms with Crippen LogP contribution in [-0.4, -0.2) is 43.3 Å². The van der Waals surface area contributed by atoms with Gasteiger partial charge in [-0.1, -0.05) is 72.3 Å². The molecule has 0 spiro atoms. The molecule has 0 radical (unpaired) electrons. The van der Waals surface area contributed by atoms with Crippen molar-refractivity contribution in [1.82, 2.24) is 10.6 Å². The van der Waals surface area contributed by atoms with Crippen LogP contribution in [0.25, 0.3) is 11.1 Å². The van der Waals surface area contributed by atoms with E-state index in [0.29, 0.717) is 11.1 Å². The second-order valence-corrected chi connectivity index (χ2v) is 7.35. The first kappa shape index (κ1) is 23.4. The molecule has 0 fully saturated rings. The molecule has 0 atom stereocenters. The average molecular weight is 444 g/mol. The molecule has 0 unspecified atom stereocenters. The lowest BCUT2D eigenvalue weighted by atomic mass is 10.0. The zero-order chi connectivity index (χ0) is 23.6. The molecule has 0 saturated heterocycles. The third kappa shape index (κ3) is 7.14. The number of rotatable bonds is 9. The van der Waals surface area contributed by atoms with Gasteiger partial charge >= 0.3 is 5.97 Å². The fraction of sp³-hybridized carbons (Fsp3) is 0.154. The van der Waals surface area contributed by atoms with Crippen LogP contribution in [0.2, 0.25) is 0 Å². The SMILES string of the molecule is Cc1ccc(C(=O)NCC(=O)NCC(=O)OCC(=O)c2ccc(-c3ccccc3)cc2)cc1. The normalized spacial score (nSPS) is 10.2. The van der Waals surface area contributed by atoms with Crippen LogP contribution < -0.4 is 10.6 Å². The van der Waals surface area contributed by atoms with E-state index in [4.69, 9.17) is 4.74 Å². The van der Waals surface area contributed by atoms with Crippen molar-refractivity contribution in [2.45, 2.75) is 6.92 Å². The molecule has 7 heteroatoms. The van der Waals surface area contributed by atoms with Gasteiger partial charge in [-0.25, -0.2) is 0 Å². The molecule has 0 aliphatic carbocycles. The van der Waals surface area contributed by atoms with Crippen molar-refractivity contribution in [3.63, 3.8) is 0 Å². The smallest absolute Gasteiger partial charge is 0.325 e. The van der Waals surface area contributed by atoms with E-state index in [9.17, 15) is 19.2 Å². The third-order valence-corrected chi connectivity index (χ3v) is 4.83. The number of hydrogen-bond acceptors (Lipinski definition) is 5. The number of hydrogen-bond donors (Lipinski definition) is 2. The first-order valence-electron chi connectivity index (χ1n) is 10.4. The van der Waals surface area contributed by atoms with Crippen molar-refractivity contribution in [2.75, 3.05) is 19.7 Å². The summed E-state index contributed by atoms with van der Waals surface area (Å²) < 4.78 is 4.94. The van der Waals surface area contributed by atoms with E-state index in [2.05, 4.69) is 10.6 Å².